The Bertz CT molecular complexity index is 571. The Morgan fingerprint density at radius 3 is 2.78 bits per heavy atom. The van der Waals surface area contributed by atoms with E-state index in [0.29, 0.717) is 18.2 Å². The highest BCUT2D eigenvalue weighted by Crippen LogP contribution is 2.25. The first-order valence-electron chi connectivity index (χ1n) is 5.96. The van der Waals surface area contributed by atoms with E-state index in [0.717, 1.165) is 0 Å². The van der Waals surface area contributed by atoms with Crippen molar-refractivity contribution in [2.24, 2.45) is 0 Å². The Labute approximate surface area is 108 Å². The SMILES string of the molecule is CN(CCS(=O)(=O)c1cccc(C#N)c1)C1CC1. The monoisotopic (exact) mass is 264 g/mol. The molecule has 18 heavy (non-hydrogen) atoms. The molecule has 1 aliphatic carbocycles. The molecular formula is C13H16N2O2S. The molecule has 1 aromatic carbocycles. The molecule has 0 N–H and O–H groups in total. The highest BCUT2D eigenvalue weighted by atomic mass is 32.2. The van der Waals surface area contributed by atoms with Gasteiger partial charge in [-0.1, -0.05) is 6.07 Å². The molecule has 0 aliphatic heterocycles. The van der Waals surface area contributed by atoms with Crippen molar-refractivity contribution in [3.05, 3.63) is 29.8 Å². The number of nitrogens with zero attached hydrogens (tertiary/aromatic N) is 2. The Morgan fingerprint density at radius 2 is 2.17 bits per heavy atom. The molecule has 0 heterocycles. The minimum Gasteiger partial charge on any atom is -0.302 e. The van der Waals surface area contributed by atoms with Crippen LogP contribution in [0.5, 0.6) is 0 Å². The van der Waals surface area contributed by atoms with Crippen LogP contribution in [0.4, 0.5) is 0 Å². The number of hydrogen-bond acceptors (Lipinski definition) is 4. The largest absolute Gasteiger partial charge is 0.302 e. The lowest BCUT2D eigenvalue weighted by Crippen LogP contribution is -2.27. The standard InChI is InChI=1S/C13H16N2O2S/c1-15(12-5-6-12)7-8-18(16,17)13-4-2-3-11(9-13)10-14/h2-4,9,12H,5-8H2,1H3. The molecule has 1 aromatic rings. The third-order valence-corrected chi connectivity index (χ3v) is 4.90. The third kappa shape index (κ3) is 3.09. The highest BCUT2D eigenvalue weighted by molar-refractivity contribution is 7.91. The minimum atomic E-state index is -3.29. The van der Waals surface area contributed by atoms with Gasteiger partial charge in [0, 0.05) is 12.6 Å². The van der Waals surface area contributed by atoms with Crippen molar-refractivity contribution >= 4 is 9.84 Å². The van der Waals surface area contributed by atoms with Gasteiger partial charge in [-0.15, -0.1) is 0 Å². The van der Waals surface area contributed by atoms with Crippen molar-refractivity contribution < 1.29 is 8.42 Å². The van der Waals surface area contributed by atoms with Gasteiger partial charge in [-0.05, 0) is 38.1 Å². The van der Waals surface area contributed by atoms with Gasteiger partial charge in [-0.3, -0.25) is 0 Å². The van der Waals surface area contributed by atoms with E-state index in [4.69, 9.17) is 5.26 Å². The summed E-state index contributed by atoms with van der Waals surface area (Å²) in [5.41, 5.74) is 0.381. The van der Waals surface area contributed by atoms with Gasteiger partial charge in [0.2, 0.25) is 0 Å². The summed E-state index contributed by atoms with van der Waals surface area (Å²) >= 11 is 0. The summed E-state index contributed by atoms with van der Waals surface area (Å²) in [7, 11) is -1.33. The molecule has 0 spiro atoms. The van der Waals surface area contributed by atoms with Gasteiger partial charge in [0.05, 0.1) is 22.3 Å². The quantitative estimate of drug-likeness (QED) is 0.807. The summed E-state index contributed by atoms with van der Waals surface area (Å²) < 4.78 is 24.2. The minimum absolute atomic E-state index is 0.106. The first kappa shape index (κ1) is 13.1. The Hall–Kier alpha value is -1.38. The zero-order valence-corrected chi connectivity index (χ0v) is 11.2. The summed E-state index contributed by atoms with van der Waals surface area (Å²) in [5.74, 6) is 0.106. The van der Waals surface area contributed by atoms with Crippen LogP contribution in [-0.4, -0.2) is 38.7 Å². The third-order valence-electron chi connectivity index (χ3n) is 3.21. The van der Waals surface area contributed by atoms with Gasteiger partial charge in [0.15, 0.2) is 9.84 Å². The van der Waals surface area contributed by atoms with Crippen LogP contribution < -0.4 is 0 Å². The van der Waals surface area contributed by atoms with Crippen LogP contribution in [0.25, 0.3) is 0 Å². The van der Waals surface area contributed by atoms with Crippen LogP contribution in [0, 0.1) is 11.3 Å². The lowest BCUT2D eigenvalue weighted by atomic mass is 10.2. The lowest BCUT2D eigenvalue weighted by molar-refractivity contribution is 0.343. The van der Waals surface area contributed by atoms with Crippen LogP contribution >= 0.6 is 0 Å². The number of sulfone groups is 1. The molecule has 4 nitrogen and oxygen atoms in total. The van der Waals surface area contributed by atoms with Crippen LogP contribution in [0.2, 0.25) is 0 Å². The van der Waals surface area contributed by atoms with E-state index < -0.39 is 9.84 Å². The smallest absolute Gasteiger partial charge is 0.179 e. The number of hydrogen-bond donors (Lipinski definition) is 0. The number of rotatable bonds is 5. The molecule has 96 valence electrons. The van der Waals surface area contributed by atoms with Gasteiger partial charge in [0.1, 0.15) is 0 Å². The summed E-state index contributed by atoms with van der Waals surface area (Å²) in [5, 5.41) is 8.77. The molecule has 0 atom stereocenters. The summed E-state index contributed by atoms with van der Waals surface area (Å²) in [6, 6.07) is 8.72. The second kappa shape index (κ2) is 5.09. The zero-order valence-electron chi connectivity index (χ0n) is 10.3. The molecule has 2 rings (SSSR count). The van der Waals surface area contributed by atoms with Gasteiger partial charge in [0.25, 0.3) is 0 Å². The Morgan fingerprint density at radius 1 is 1.44 bits per heavy atom. The molecule has 1 aliphatic rings. The molecule has 0 saturated heterocycles. The molecule has 1 fully saturated rings. The van der Waals surface area contributed by atoms with Crippen molar-refractivity contribution in [2.75, 3.05) is 19.3 Å². The van der Waals surface area contributed by atoms with E-state index in [1.165, 1.54) is 18.9 Å². The van der Waals surface area contributed by atoms with E-state index in [1.54, 1.807) is 18.2 Å². The maximum absolute atomic E-state index is 12.1. The molecule has 0 aromatic heterocycles. The second-order valence-electron chi connectivity index (χ2n) is 4.67. The van der Waals surface area contributed by atoms with Gasteiger partial charge in [-0.25, -0.2) is 8.42 Å². The van der Waals surface area contributed by atoms with Gasteiger partial charge >= 0.3 is 0 Å². The predicted molar refractivity (Wildman–Crippen MR) is 68.9 cm³/mol. The van der Waals surface area contributed by atoms with Crippen LogP contribution in [0.15, 0.2) is 29.2 Å². The van der Waals surface area contributed by atoms with E-state index in [9.17, 15) is 8.42 Å². The summed E-state index contributed by atoms with van der Waals surface area (Å²) in [6.07, 6.45) is 2.33. The maximum atomic E-state index is 12.1. The van der Waals surface area contributed by atoms with E-state index in [-0.39, 0.29) is 10.6 Å². The van der Waals surface area contributed by atoms with Gasteiger partial charge < -0.3 is 4.90 Å². The molecule has 0 unspecified atom stereocenters. The molecule has 0 amide bonds. The van der Waals surface area contributed by atoms with Crippen molar-refractivity contribution in [1.82, 2.24) is 4.90 Å². The number of benzene rings is 1. The molecule has 0 bridgehead atoms. The van der Waals surface area contributed by atoms with Crippen LogP contribution in [0.1, 0.15) is 18.4 Å². The van der Waals surface area contributed by atoms with Crippen molar-refractivity contribution in [3.8, 4) is 6.07 Å². The zero-order chi connectivity index (χ0) is 13.2. The van der Waals surface area contributed by atoms with E-state index in [1.807, 2.05) is 13.1 Å². The average molecular weight is 264 g/mol. The normalized spacial score (nSPS) is 15.6. The van der Waals surface area contributed by atoms with Crippen molar-refractivity contribution in [3.63, 3.8) is 0 Å². The molecule has 5 heteroatoms. The molecular weight excluding hydrogens is 248 g/mol. The highest BCUT2D eigenvalue weighted by Gasteiger charge is 2.27. The maximum Gasteiger partial charge on any atom is 0.179 e. The Balaban J connectivity index is 2.07. The predicted octanol–water partition coefficient (Wildman–Crippen LogP) is 1.43. The second-order valence-corrected chi connectivity index (χ2v) is 6.78. The van der Waals surface area contributed by atoms with Crippen molar-refractivity contribution in [1.29, 1.82) is 5.26 Å². The molecule has 0 radical (unpaired) electrons. The first-order valence-corrected chi connectivity index (χ1v) is 7.61. The van der Waals surface area contributed by atoms with E-state index in [2.05, 4.69) is 4.90 Å². The lowest BCUT2D eigenvalue weighted by Gasteiger charge is -2.15. The summed E-state index contributed by atoms with van der Waals surface area (Å²) in [6.45, 7) is 0.545. The fourth-order valence-electron chi connectivity index (χ4n) is 1.84. The molecule has 1 saturated carbocycles. The van der Waals surface area contributed by atoms with Crippen molar-refractivity contribution in [2.45, 2.75) is 23.8 Å². The number of nitriles is 1. The topological polar surface area (TPSA) is 61.2 Å². The van der Waals surface area contributed by atoms with Gasteiger partial charge in [-0.2, -0.15) is 5.26 Å². The first-order chi connectivity index (χ1) is 8.53. The fraction of sp³-hybridized carbons (Fsp3) is 0.462. The van der Waals surface area contributed by atoms with E-state index >= 15 is 0 Å². The summed E-state index contributed by atoms with van der Waals surface area (Å²) in [4.78, 5) is 2.33. The average Bonchev–Trinajstić information content (AvgIpc) is 3.20. The van der Waals surface area contributed by atoms with Crippen LogP contribution in [0.3, 0.4) is 0 Å². The Kier molecular flexibility index (Phi) is 3.69. The van der Waals surface area contributed by atoms with Crippen LogP contribution in [-0.2, 0) is 9.84 Å². The fourth-order valence-corrected chi connectivity index (χ4v) is 3.20.